The molecule has 2 heterocycles. The van der Waals surface area contributed by atoms with E-state index < -0.39 is 0 Å². The van der Waals surface area contributed by atoms with Crippen molar-refractivity contribution >= 4 is 0 Å². The smallest absolute Gasteiger partial charge is 0.240 e. The molecule has 0 radical (unpaired) electrons. The fourth-order valence-corrected chi connectivity index (χ4v) is 1.26. The molecule has 0 amide bonds. The Balaban J connectivity index is 2.23. The first-order chi connectivity index (χ1) is 6.81. The normalized spacial score (nSPS) is 13.0. The van der Waals surface area contributed by atoms with E-state index in [0.717, 1.165) is 0 Å². The summed E-state index contributed by atoms with van der Waals surface area (Å²) in [7, 11) is 0. The van der Waals surface area contributed by atoms with Crippen LogP contribution < -0.4 is 5.73 Å². The molecule has 2 N–H and O–H groups in total. The summed E-state index contributed by atoms with van der Waals surface area (Å²) >= 11 is 0. The molecule has 0 aliphatic rings. The average molecular weight is 192 g/mol. The number of aromatic nitrogens is 3. The summed E-state index contributed by atoms with van der Waals surface area (Å²) in [6.45, 7) is 2.29. The van der Waals surface area contributed by atoms with Crippen LogP contribution >= 0.6 is 0 Å². The van der Waals surface area contributed by atoms with Gasteiger partial charge in [0.05, 0.1) is 12.6 Å². The van der Waals surface area contributed by atoms with Crippen LogP contribution in [0.3, 0.4) is 0 Å². The number of nitrogens with zero attached hydrogens (tertiary/aromatic N) is 3. The van der Waals surface area contributed by atoms with E-state index in [1.165, 1.54) is 0 Å². The van der Waals surface area contributed by atoms with E-state index in [4.69, 9.17) is 10.3 Å². The van der Waals surface area contributed by atoms with Crippen molar-refractivity contribution in [3.05, 3.63) is 36.2 Å². The van der Waals surface area contributed by atoms with Gasteiger partial charge in [0, 0.05) is 12.4 Å². The summed E-state index contributed by atoms with van der Waals surface area (Å²) in [5.74, 6) is 1.13. The third kappa shape index (κ3) is 1.54. The van der Waals surface area contributed by atoms with E-state index in [1.54, 1.807) is 0 Å². The van der Waals surface area contributed by atoms with Gasteiger partial charge in [0.15, 0.2) is 5.82 Å². The summed E-state index contributed by atoms with van der Waals surface area (Å²) in [4.78, 5) is 4.16. The maximum Gasteiger partial charge on any atom is 0.240 e. The van der Waals surface area contributed by atoms with E-state index in [9.17, 15) is 0 Å². The van der Waals surface area contributed by atoms with Crippen LogP contribution in [-0.4, -0.2) is 14.7 Å². The standard InChI is InChI=1S/C9H12N4O/c1-7(13-4-2-3-5-13)9-11-8(6-10)14-12-9/h2-5,7H,6,10H2,1H3/t7-/m1/s1. The fourth-order valence-electron chi connectivity index (χ4n) is 1.26. The largest absolute Gasteiger partial charge is 0.344 e. The van der Waals surface area contributed by atoms with Crippen molar-refractivity contribution in [3.63, 3.8) is 0 Å². The van der Waals surface area contributed by atoms with Gasteiger partial charge >= 0.3 is 0 Å². The molecule has 0 spiro atoms. The van der Waals surface area contributed by atoms with Gasteiger partial charge in [-0.05, 0) is 19.1 Å². The topological polar surface area (TPSA) is 69.9 Å². The average Bonchev–Trinajstić information content (AvgIpc) is 2.88. The van der Waals surface area contributed by atoms with E-state index in [-0.39, 0.29) is 12.6 Å². The summed E-state index contributed by atoms with van der Waals surface area (Å²) in [6, 6.07) is 4.00. The van der Waals surface area contributed by atoms with Gasteiger partial charge in [-0.2, -0.15) is 4.98 Å². The van der Waals surface area contributed by atoms with E-state index in [2.05, 4.69) is 10.1 Å². The first kappa shape index (κ1) is 8.96. The molecule has 0 saturated heterocycles. The predicted molar refractivity (Wildman–Crippen MR) is 50.4 cm³/mol. The summed E-state index contributed by atoms with van der Waals surface area (Å²) < 4.78 is 6.94. The van der Waals surface area contributed by atoms with Gasteiger partial charge in [0.2, 0.25) is 5.89 Å². The molecular formula is C9H12N4O. The lowest BCUT2D eigenvalue weighted by Crippen LogP contribution is -2.06. The highest BCUT2D eigenvalue weighted by atomic mass is 16.5. The Hall–Kier alpha value is -1.62. The first-order valence-electron chi connectivity index (χ1n) is 4.46. The van der Waals surface area contributed by atoms with Crippen LogP contribution in [0.15, 0.2) is 29.0 Å². The summed E-state index contributed by atoms with van der Waals surface area (Å²) in [5.41, 5.74) is 5.38. The van der Waals surface area contributed by atoms with Crippen LogP contribution in [0.5, 0.6) is 0 Å². The van der Waals surface area contributed by atoms with E-state index in [0.29, 0.717) is 11.7 Å². The number of nitrogens with two attached hydrogens (primary N) is 1. The maximum atomic E-state index is 5.38. The molecule has 5 heteroatoms. The van der Waals surface area contributed by atoms with Crippen LogP contribution in [0.1, 0.15) is 24.7 Å². The molecule has 0 aliphatic heterocycles. The monoisotopic (exact) mass is 192 g/mol. The molecule has 2 aromatic rings. The van der Waals surface area contributed by atoms with Crippen LogP contribution in [0, 0.1) is 0 Å². The summed E-state index contributed by atoms with van der Waals surface area (Å²) in [5, 5.41) is 3.86. The van der Waals surface area contributed by atoms with Crippen molar-refractivity contribution in [2.75, 3.05) is 0 Å². The maximum absolute atomic E-state index is 5.38. The third-order valence-corrected chi connectivity index (χ3v) is 2.11. The van der Waals surface area contributed by atoms with Crippen molar-refractivity contribution in [1.29, 1.82) is 0 Å². The van der Waals surface area contributed by atoms with Crippen LogP contribution in [0.25, 0.3) is 0 Å². The SMILES string of the molecule is C[C@H](c1noc(CN)n1)n1cccc1. The second-order valence-electron chi connectivity index (χ2n) is 3.06. The number of hydrogen-bond donors (Lipinski definition) is 1. The molecule has 0 bridgehead atoms. The molecule has 0 unspecified atom stereocenters. The van der Waals surface area contributed by atoms with Crippen molar-refractivity contribution in [1.82, 2.24) is 14.7 Å². The van der Waals surface area contributed by atoms with Crippen molar-refractivity contribution < 1.29 is 4.52 Å². The molecular weight excluding hydrogens is 180 g/mol. The lowest BCUT2D eigenvalue weighted by Gasteiger charge is -2.07. The Bertz CT molecular complexity index is 393. The molecule has 74 valence electrons. The van der Waals surface area contributed by atoms with Gasteiger partial charge in [-0.1, -0.05) is 5.16 Å². The van der Waals surface area contributed by atoms with Crippen LogP contribution in [0.4, 0.5) is 0 Å². The summed E-state index contributed by atoms with van der Waals surface area (Å²) in [6.07, 6.45) is 3.92. The number of rotatable bonds is 3. The van der Waals surface area contributed by atoms with Crippen LogP contribution in [0.2, 0.25) is 0 Å². The molecule has 1 atom stereocenters. The molecule has 0 aromatic carbocycles. The number of hydrogen-bond acceptors (Lipinski definition) is 4. The van der Waals surface area contributed by atoms with Gasteiger partial charge in [-0.3, -0.25) is 0 Å². The van der Waals surface area contributed by atoms with Gasteiger partial charge in [0.1, 0.15) is 0 Å². The third-order valence-electron chi connectivity index (χ3n) is 2.11. The minimum absolute atomic E-state index is 0.0778. The molecule has 0 aliphatic carbocycles. The second kappa shape index (κ2) is 3.63. The zero-order chi connectivity index (χ0) is 9.97. The zero-order valence-corrected chi connectivity index (χ0v) is 7.92. The highest BCUT2D eigenvalue weighted by Gasteiger charge is 2.13. The molecule has 2 aromatic heterocycles. The van der Waals surface area contributed by atoms with Gasteiger partial charge in [-0.15, -0.1) is 0 Å². The molecule has 5 nitrogen and oxygen atoms in total. The second-order valence-corrected chi connectivity index (χ2v) is 3.06. The highest BCUT2D eigenvalue weighted by Crippen LogP contribution is 2.14. The molecule has 0 fully saturated rings. The van der Waals surface area contributed by atoms with Crippen molar-refractivity contribution in [2.45, 2.75) is 19.5 Å². The predicted octanol–water partition coefficient (Wildman–Crippen LogP) is 0.939. The minimum atomic E-state index is 0.0778. The van der Waals surface area contributed by atoms with E-state index in [1.807, 2.05) is 36.0 Å². The zero-order valence-electron chi connectivity index (χ0n) is 7.92. The van der Waals surface area contributed by atoms with Gasteiger partial charge in [-0.25, -0.2) is 0 Å². The van der Waals surface area contributed by atoms with Gasteiger partial charge < -0.3 is 14.8 Å². The first-order valence-corrected chi connectivity index (χ1v) is 4.46. The minimum Gasteiger partial charge on any atom is -0.344 e. The quantitative estimate of drug-likeness (QED) is 0.785. The van der Waals surface area contributed by atoms with Crippen molar-refractivity contribution in [2.24, 2.45) is 5.73 Å². The highest BCUT2D eigenvalue weighted by molar-refractivity contribution is 5.00. The van der Waals surface area contributed by atoms with Crippen LogP contribution in [-0.2, 0) is 6.54 Å². The lowest BCUT2D eigenvalue weighted by molar-refractivity contribution is 0.369. The Morgan fingerprint density at radius 1 is 1.50 bits per heavy atom. The van der Waals surface area contributed by atoms with E-state index >= 15 is 0 Å². The van der Waals surface area contributed by atoms with Crippen molar-refractivity contribution in [3.8, 4) is 0 Å². The Labute approximate surface area is 81.5 Å². The Kier molecular flexibility index (Phi) is 2.32. The lowest BCUT2D eigenvalue weighted by atomic mass is 10.3. The van der Waals surface area contributed by atoms with Gasteiger partial charge in [0.25, 0.3) is 0 Å². The Morgan fingerprint density at radius 2 is 2.21 bits per heavy atom. The molecule has 14 heavy (non-hydrogen) atoms. The fraction of sp³-hybridized carbons (Fsp3) is 0.333. The Morgan fingerprint density at radius 3 is 2.79 bits per heavy atom. The molecule has 2 rings (SSSR count). The molecule has 0 saturated carbocycles.